The van der Waals surface area contributed by atoms with E-state index in [0.29, 0.717) is 5.56 Å². The zero-order valence-corrected chi connectivity index (χ0v) is 19.6. The molecule has 0 aliphatic rings. The van der Waals surface area contributed by atoms with Gasteiger partial charge in [-0.2, -0.15) is 0 Å². The highest BCUT2D eigenvalue weighted by molar-refractivity contribution is 7.18. The molecule has 2 aromatic carbocycles. The maximum Gasteiger partial charge on any atom is 0.341 e. The Kier molecular flexibility index (Phi) is 7.75. The number of thiophene rings is 1. The van der Waals surface area contributed by atoms with Crippen molar-refractivity contribution in [2.24, 2.45) is 0 Å². The van der Waals surface area contributed by atoms with Crippen molar-refractivity contribution in [2.75, 3.05) is 11.9 Å². The number of rotatable bonds is 8. The minimum Gasteiger partial charge on any atom is -0.462 e. The Morgan fingerprint density at radius 3 is 2.29 bits per heavy atom. The summed E-state index contributed by atoms with van der Waals surface area (Å²) in [6.45, 7) is 5.24. The van der Waals surface area contributed by atoms with E-state index in [1.165, 1.54) is 24.3 Å². The number of carbonyl (C=O) groups is 3. The maximum absolute atomic E-state index is 13.0. The number of hydrogen-bond donors (Lipinski definition) is 2. The van der Waals surface area contributed by atoms with Gasteiger partial charge >= 0.3 is 5.97 Å². The van der Waals surface area contributed by atoms with Crippen LogP contribution in [0.25, 0.3) is 0 Å². The zero-order chi connectivity index (χ0) is 24.8. The molecule has 0 spiro atoms. The number of benzene rings is 2. The first-order valence-corrected chi connectivity index (χ1v) is 11.3. The van der Waals surface area contributed by atoms with Gasteiger partial charge in [0.05, 0.1) is 28.0 Å². The number of anilines is 1. The van der Waals surface area contributed by atoms with Crippen molar-refractivity contribution in [1.82, 2.24) is 5.32 Å². The number of ether oxygens (including phenoxy) is 1. The summed E-state index contributed by atoms with van der Waals surface area (Å²) in [6.07, 6.45) is 0. The standard InChI is InChI=1S/C24H23N3O6S/c1-4-33-24(30)19-14(2)20(22(29)25-15(3)16-8-6-5-7-9-16)34-23(19)26-21(28)17-10-12-18(13-11-17)27(31)32/h5-13,15H,4H2,1-3H3,(H,25,29)(H,26,28). The molecule has 3 aromatic rings. The molecule has 34 heavy (non-hydrogen) atoms. The Labute approximate surface area is 199 Å². The monoisotopic (exact) mass is 481 g/mol. The van der Waals surface area contributed by atoms with Crippen molar-refractivity contribution in [1.29, 1.82) is 0 Å². The highest BCUT2D eigenvalue weighted by Gasteiger charge is 2.27. The number of hydrogen-bond acceptors (Lipinski definition) is 7. The van der Waals surface area contributed by atoms with Crippen LogP contribution in [0.1, 0.15) is 61.4 Å². The number of carbonyl (C=O) groups excluding carboxylic acids is 3. The molecule has 0 bridgehead atoms. The third kappa shape index (κ3) is 5.46. The van der Waals surface area contributed by atoms with Crippen LogP contribution in [-0.2, 0) is 4.74 Å². The Bertz CT molecular complexity index is 1220. The van der Waals surface area contributed by atoms with Crippen LogP contribution in [0.3, 0.4) is 0 Å². The van der Waals surface area contributed by atoms with Gasteiger partial charge in [-0.05, 0) is 44.0 Å². The summed E-state index contributed by atoms with van der Waals surface area (Å²) in [6, 6.07) is 14.2. The third-order valence-electron chi connectivity index (χ3n) is 5.05. The van der Waals surface area contributed by atoms with Crippen molar-refractivity contribution < 1.29 is 24.0 Å². The van der Waals surface area contributed by atoms with Gasteiger partial charge in [-0.3, -0.25) is 19.7 Å². The van der Waals surface area contributed by atoms with Gasteiger partial charge in [-0.1, -0.05) is 30.3 Å². The lowest BCUT2D eigenvalue weighted by atomic mass is 10.1. The molecule has 0 saturated carbocycles. The topological polar surface area (TPSA) is 128 Å². The van der Waals surface area contributed by atoms with Gasteiger partial charge in [0.25, 0.3) is 17.5 Å². The predicted molar refractivity (Wildman–Crippen MR) is 128 cm³/mol. The molecule has 1 heterocycles. The number of nitrogens with zero attached hydrogens (tertiary/aromatic N) is 1. The van der Waals surface area contributed by atoms with Gasteiger partial charge in [0.1, 0.15) is 5.00 Å². The summed E-state index contributed by atoms with van der Waals surface area (Å²) >= 11 is 0.964. The van der Waals surface area contributed by atoms with Crippen molar-refractivity contribution in [2.45, 2.75) is 26.8 Å². The van der Waals surface area contributed by atoms with E-state index in [1.807, 2.05) is 37.3 Å². The molecular formula is C24H23N3O6S. The number of amides is 2. The normalized spacial score (nSPS) is 11.4. The molecule has 1 atom stereocenters. The lowest BCUT2D eigenvalue weighted by molar-refractivity contribution is -0.384. The molecule has 10 heteroatoms. The van der Waals surface area contributed by atoms with Crippen LogP contribution >= 0.6 is 11.3 Å². The first-order chi connectivity index (χ1) is 16.2. The van der Waals surface area contributed by atoms with Crippen molar-refractivity contribution >= 4 is 39.8 Å². The van der Waals surface area contributed by atoms with Gasteiger partial charge in [0.15, 0.2) is 0 Å². The van der Waals surface area contributed by atoms with Crippen LogP contribution in [0, 0.1) is 17.0 Å². The van der Waals surface area contributed by atoms with E-state index in [4.69, 9.17) is 4.74 Å². The van der Waals surface area contributed by atoms with Crippen LogP contribution in [0.5, 0.6) is 0 Å². The van der Waals surface area contributed by atoms with Gasteiger partial charge < -0.3 is 15.4 Å². The molecule has 3 rings (SSSR count). The maximum atomic E-state index is 13.0. The van der Waals surface area contributed by atoms with Gasteiger partial charge in [0.2, 0.25) is 0 Å². The fraction of sp³-hybridized carbons (Fsp3) is 0.208. The van der Waals surface area contributed by atoms with Gasteiger partial charge in [-0.15, -0.1) is 11.3 Å². The Morgan fingerprint density at radius 2 is 1.71 bits per heavy atom. The average Bonchev–Trinajstić information content (AvgIpc) is 3.15. The lowest BCUT2D eigenvalue weighted by Crippen LogP contribution is -2.26. The molecule has 1 aromatic heterocycles. The van der Waals surface area contributed by atoms with Crippen LogP contribution in [0.15, 0.2) is 54.6 Å². The smallest absolute Gasteiger partial charge is 0.341 e. The largest absolute Gasteiger partial charge is 0.462 e. The Balaban J connectivity index is 1.89. The molecule has 176 valence electrons. The summed E-state index contributed by atoms with van der Waals surface area (Å²) in [7, 11) is 0. The van der Waals surface area contributed by atoms with Crippen LogP contribution in [0.2, 0.25) is 0 Å². The zero-order valence-electron chi connectivity index (χ0n) is 18.8. The molecule has 9 nitrogen and oxygen atoms in total. The molecule has 0 aliphatic heterocycles. The minimum absolute atomic E-state index is 0.0969. The molecule has 2 N–H and O–H groups in total. The fourth-order valence-electron chi connectivity index (χ4n) is 3.26. The van der Waals surface area contributed by atoms with Crippen LogP contribution < -0.4 is 10.6 Å². The number of nitrogens with one attached hydrogen (secondary N) is 2. The Morgan fingerprint density at radius 1 is 1.06 bits per heavy atom. The van der Waals surface area contributed by atoms with E-state index in [0.717, 1.165) is 16.9 Å². The quantitative estimate of drug-likeness (QED) is 0.268. The minimum atomic E-state index is -0.662. The second-order valence-corrected chi connectivity index (χ2v) is 8.37. The molecular weight excluding hydrogens is 458 g/mol. The lowest BCUT2D eigenvalue weighted by Gasteiger charge is -2.14. The summed E-state index contributed by atoms with van der Waals surface area (Å²) in [4.78, 5) is 49.0. The molecule has 1 unspecified atom stereocenters. The average molecular weight is 482 g/mol. The Hall–Kier alpha value is -4.05. The van der Waals surface area contributed by atoms with E-state index in [-0.39, 0.29) is 45.2 Å². The summed E-state index contributed by atoms with van der Waals surface area (Å²) in [5.41, 5.74) is 1.42. The highest BCUT2D eigenvalue weighted by atomic mass is 32.1. The second kappa shape index (κ2) is 10.7. The number of non-ortho nitro benzene ring substituents is 1. The summed E-state index contributed by atoms with van der Waals surface area (Å²) in [5, 5.41) is 16.6. The molecule has 0 fully saturated rings. The van der Waals surface area contributed by atoms with Crippen molar-refractivity contribution in [3.8, 4) is 0 Å². The van der Waals surface area contributed by atoms with Crippen molar-refractivity contribution in [3.05, 3.63) is 91.8 Å². The summed E-state index contributed by atoms with van der Waals surface area (Å²) < 4.78 is 5.13. The summed E-state index contributed by atoms with van der Waals surface area (Å²) in [5.74, 6) is -1.63. The van der Waals surface area contributed by atoms with E-state index in [2.05, 4.69) is 10.6 Å². The number of nitro groups is 1. The first kappa shape index (κ1) is 24.6. The predicted octanol–water partition coefficient (Wildman–Crippen LogP) is 4.88. The SMILES string of the molecule is CCOC(=O)c1c(NC(=O)c2ccc([N+](=O)[O-])cc2)sc(C(=O)NC(C)c2ccccc2)c1C. The second-order valence-electron chi connectivity index (χ2n) is 7.34. The molecule has 2 amide bonds. The van der Waals surface area contributed by atoms with Gasteiger partial charge in [-0.25, -0.2) is 4.79 Å². The number of nitro benzene ring substituents is 1. The molecule has 0 radical (unpaired) electrons. The third-order valence-corrected chi connectivity index (χ3v) is 6.25. The number of esters is 1. The van der Waals surface area contributed by atoms with Gasteiger partial charge in [0, 0.05) is 17.7 Å². The van der Waals surface area contributed by atoms with E-state index >= 15 is 0 Å². The van der Waals surface area contributed by atoms with E-state index in [1.54, 1.807) is 13.8 Å². The van der Waals surface area contributed by atoms with Crippen molar-refractivity contribution in [3.63, 3.8) is 0 Å². The fourth-order valence-corrected chi connectivity index (χ4v) is 4.36. The highest BCUT2D eigenvalue weighted by Crippen LogP contribution is 2.34. The first-order valence-electron chi connectivity index (χ1n) is 10.4. The van der Waals surface area contributed by atoms with Crippen LogP contribution in [-0.4, -0.2) is 29.3 Å². The molecule has 0 aliphatic carbocycles. The van der Waals surface area contributed by atoms with E-state index in [9.17, 15) is 24.5 Å². The van der Waals surface area contributed by atoms with E-state index < -0.39 is 16.8 Å². The molecule has 0 saturated heterocycles. The van der Waals surface area contributed by atoms with Crippen LogP contribution in [0.4, 0.5) is 10.7 Å².